The maximum Gasteiger partial charge on any atom is 0.335 e. The number of ether oxygens (including phenoxy) is 1. The molecule has 1 aromatic carbocycles. The molecule has 0 amide bonds. The molecule has 2 N–H and O–H groups in total. The highest BCUT2D eigenvalue weighted by Crippen LogP contribution is 2.15. The van der Waals surface area contributed by atoms with E-state index in [1.54, 1.807) is 19.1 Å². The molecule has 0 saturated heterocycles. The van der Waals surface area contributed by atoms with Crippen LogP contribution in [0.3, 0.4) is 0 Å². The van der Waals surface area contributed by atoms with Crippen LogP contribution < -0.4 is 10.3 Å². The lowest BCUT2D eigenvalue weighted by molar-refractivity contribution is 0.0696. The summed E-state index contributed by atoms with van der Waals surface area (Å²) in [6, 6.07) is 7.73. The van der Waals surface area contributed by atoms with Crippen molar-refractivity contribution in [1.82, 2.24) is 9.97 Å². The highest BCUT2D eigenvalue weighted by atomic mass is 32.2. The molecule has 0 aliphatic carbocycles. The second-order valence-electron chi connectivity index (χ2n) is 4.22. The van der Waals surface area contributed by atoms with Crippen LogP contribution >= 0.6 is 11.8 Å². The number of carboxylic acids is 1. The number of carboxylic acid groups (broad SMARTS) is 1. The maximum absolute atomic E-state index is 11.3. The van der Waals surface area contributed by atoms with Crippen LogP contribution in [0, 0.1) is 6.92 Å². The van der Waals surface area contributed by atoms with E-state index in [4.69, 9.17) is 9.84 Å². The molecule has 1 heterocycles. The molecule has 0 aliphatic rings. The number of rotatable bonds is 6. The van der Waals surface area contributed by atoms with Gasteiger partial charge in [-0.15, -0.1) is 0 Å². The van der Waals surface area contributed by atoms with E-state index in [-0.39, 0.29) is 11.1 Å². The Labute approximate surface area is 125 Å². The fourth-order valence-corrected chi connectivity index (χ4v) is 2.38. The zero-order chi connectivity index (χ0) is 15.2. The molecule has 21 heavy (non-hydrogen) atoms. The van der Waals surface area contributed by atoms with Crippen molar-refractivity contribution in [2.75, 3.05) is 12.4 Å². The Bertz CT molecular complexity index is 699. The first-order chi connectivity index (χ1) is 10.0. The van der Waals surface area contributed by atoms with Crippen LogP contribution in [0.25, 0.3) is 0 Å². The van der Waals surface area contributed by atoms with Crippen molar-refractivity contribution >= 4 is 17.7 Å². The number of hydrogen-bond donors (Lipinski definition) is 2. The fourth-order valence-electron chi connectivity index (χ4n) is 1.64. The number of aromatic amines is 1. The Balaban J connectivity index is 1.86. The third-order valence-corrected chi connectivity index (χ3v) is 3.36. The summed E-state index contributed by atoms with van der Waals surface area (Å²) in [5.41, 5.74) is 0.668. The molecule has 2 rings (SSSR count). The molecule has 0 aliphatic heterocycles. The van der Waals surface area contributed by atoms with Gasteiger partial charge in [0.25, 0.3) is 5.56 Å². The topological polar surface area (TPSA) is 92.3 Å². The van der Waals surface area contributed by atoms with Gasteiger partial charge in [0.15, 0.2) is 5.16 Å². The normalized spacial score (nSPS) is 10.3. The van der Waals surface area contributed by atoms with E-state index in [0.717, 1.165) is 0 Å². The molecule has 1 aromatic heterocycles. The number of nitrogens with zero attached hydrogens (tertiary/aromatic N) is 1. The largest absolute Gasteiger partial charge is 0.493 e. The minimum Gasteiger partial charge on any atom is -0.493 e. The van der Waals surface area contributed by atoms with E-state index in [1.165, 1.54) is 30.0 Å². The van der Waals surface area contributed by atoms with Gasteiger partial charge in [-0.3, -0.25) is 4.79 Å². The second kappa shape index (κ2) is 6.94. The molecule has 0 atom stereocenters. The molecule has 2 aromatic rings. The van der Waals surface area contributed by atoms with Crippen molar-refractivity contribution in [2.45, 2.75) is 12.1 Å². The SMILES string of the molecule is Cc1cc(=O)[nH]c(SCCOc2cccc(C(=O)O)c2)n1. The lowest BCUT2D eigenvalue weighted by atomic mass is 10.2. The number of hydrogen-bond acceptors (Lipinski definition) is 5. The molecule has 0 spiro atoms. The first kappa shape index (κ1) is 15.1. The third kappa shape index (κ3) is 4.64. The van der Waals surface area contributed by atoms with E-state index in [2.05, 4.69) is 9.97 Å². The van der Waals surface area contributed by atoms with Crippen LogP contribution in [0.15, 0.2) is 40.3 Å². The molecule has 0 saturated carbocycles. The molecule has 7 heteroatoms. The van der Waals surface area contributed by atoms with Gasteiger partial charge in [0.2, 0.25) is 0 Å². The first-order valence-electron chi connectivity index (χ1n) is 6.21. The molecule has 110 valence electrons. The average Bonchev–Trinajstić information content (AvgIpc) is 2.43. The Kier molecular flexibility index (Phi) is 4.99. The number of nitrogens with one attached hydrogen (secondary N) is 1. The van der Waals surface area contributed by atoms with Gasteiger partial charge in [0.05, 0.1) is 12.2 Å². The molecule has 0 bridgehead atoms. The third-order valence-electron chi connectivity index (χ3n) is 2.52. The van der Waals surface area contributed by atoms with Crippen LogP contribution in [0.5, 0.6) is 5.75 Å². The molecule has 0 radical (unpaired) electrons. The van der Waals surface area contributed by atoms with Gasteiger partial charge >= 0.3 is 5.97 Å². The summed E-state index contributed by atoms with van der Waals surface area (Å²) in [6.45, 7) is 2.14. The van der Waals surface area contributed by atoms with Crippen molar-refractivity contribution < 1.29 is 14.6 Å². The monoisotopic (exact) mass is 306 g/mol. The van der Waals surface area contributed by atoms with Gasteiger partial charge < -0.3 is 14.8 Å². The average molecular weight is 306 g/mol. The molecule has 0 unspecified atom stereocenters. The quantitative estimate of drug-likeness (QED) is 0.481. The summed E-state index contributed by atoms with van der Waals surface area (Å²) in [7, 11) is 0. The fraction of sp³-hybridized carbons (Fsp3) is 0.214. The number of H-pyrrole nitrogens is 1. The number of aryl methyl sites for hydroxylation is 1. The molecule has 0 fully saturated rings. The van der Waals surface area contributed by atoms with E-state index in [0.29, 0.717) is 29.0 Å². The van der Waals surface area contributed by atoms with Crippen molar-refractivity contribution in [3.05, 3.63) is 51.9 Å². The van der Waals surface area contributed by atoms with Crippen LogP contribution in [0.4, 0.5) is 0 Å². The minimum atomic E-state index is -0.989. The predicted octanol–water partition coefficient (Wildman–Crippen LogP) is 1.95. The molecule has 6 nitrogen and oxygen atoms in total. The Morgan fingerprint density at radius 3 is 2.95 bits per heavy atom. The number of aromatic nitrogens is 2. The number of carbonyl (C=O) groups is 1. The summed E-state index contributed by atoms with van der Waals surface area (Å²) in [4.78, 5) is 28.9. The van der Waals surface area contributed by atoms with Crippen molar-refractivity contribution in [2.24, 2.45) is 0 Å². The van der Waals surface area contributed by atoms with Crippen LogP contribution in [-0.4, -0.2) is 33.4 Å². The highest BCUT2D eigenvalue weighted by Gasteiger charge is 2.04. The van der Waals surface area contributed by atoms with Crippen molar-refractivity contribution in [1.29, 1.82) is 0 Å². The Morgan fingerprint density at radius 2 is 2.24 bits per heavy atom. The highest BCUT2D eigenvalue weighted by molar-refractivity contribution is 7.99. The molecular weight excluding hydrogens is 292 g/mol. The Morgan fingerprint density at radius 1 is 1.43 bits per heavy atom. The number of aromatic carboxylic acids is 1. The van der Waals surface area contributed by atoms with Gasteiger partial charge in [0.1, 0.15) is 5.75 Å². The Hall–Kier alpha value is -2.28. The zero-order valence-electron chi connectivity index (χ0n) is 11.3. The summed E-state index contributed by atoms with van der Waals surface area (Å²) < 4.78 is 5.48. The summed E-state index contributed by atoms with van der Waals surface area (Å²) in [6.07, 6.45) is 0. The zero-order valence-corrected chi connectivity index (χ0v) is 12.1. The first-order valence-corrected chi connectivity index (χ1v) is 7.20. The van der Waals surface area contributed by atoms with E-state index in [9.17, 15) is 9.59 Å². The van der Waals surface area contributed by atoms with E-state index >= 15 is 0 Å². The van der Waals surface area contributed by atoms with Crippen molar-refractivity contribution in [3.63, 3.8) is 0 Å². The van der Waals surface area contributed by atoms with Gasteiger partial charge in [0, 0.05) is 17.5 Å². The smallest absolute Gasteiger partial charge is 0.335 e. The van der Waals surface area contributed by atoms with Gasteiger partial charge in [-0.05, 0) is 25.1 Å². The van der Waals surface area contributed by atoms with Gasteiger partial charge in [-0.2, -0.15) is 0 Å². The lowest BCUT2D eigenvalue weighted by Crippen LogP contribution is -2.09. The van der Waals surface area contributed by atoms with Crippen LogP contribution in [0.1, 0.15) is 16.1 Å². The van der Waals surface area contributed by atoms with Gasteiger partial charge in [-0.25, -0.2) is 9.78 Å². The standard InChI is InChI=1S/C14H14N2O4S/c1-9-7-12(17)16-14(15-9)21-6-5-20-11-4-2-3-10(8-11)13(18)19/h2-4,7-8H,5-6H2,1H3,(H,18,19)(H,15,16,17). The lowest BCUT2D eigenvalue weighted by Gasteiger charge is -2.06. The van der Waals surface area contributed by atoms with Crippen LogP contribution in [-0.2, 0) is 0 Å². The predicted molar refractivity (Wildman–Crippen MR) is 79.2 cm³/mol. The number of thioether (sulfide) groups is 1. The summed E-state index contributed by atoms with van der Waals surface area (Å²) in [5, 5.41) is 9.42. The van der Waals surface area contributed by atoms with Crippen LogP contribution in [0.2, 0.25) is 0 Å². The maximum atomic E-state index is 11.3. The van der Waals surface area contributed by atoms with Gasteiger partial charge in [-0.1, -0.05) is 17.8 Å². The minimum absolute atomic E-state index is 0.180. The molecular formula is C14H14N2O4S. The van der Waals surface area contributed by atoms with E-state index in [1.807, 2.05) is 0 Å². The van der Waals surface area contributed by atoms with Crippen molar-refractivity contribution in [3.8, 4) is 5.75 Å². The summed E-state index contributed by atoms with van der Waals surface area (Å²) in [5.74, 6) is 0.0986. The number of benzene rings is 1. The van der Waals surface area contributed by atoms with E-state index < -0.39 is 5.97 Å². The summed E-state index contributed by atoms with van der Waals surface area (Å²) >= 11 is 1.37. The second-order valence-corrected chi connectivity index (χ2v) is 5.31.